The molecule has 150 valence electrons. The van der Waals surface area contributed by atoms with Gasteiger partial charge in [0.15, 0.2) is 0 Å². The average Bonchev–Trinajstić information content (AvgIpc) is 2.71. The first-order valence-corrected chi connectivity index (χ1v) is 9.90. The van der Waals surface area contributed by atoms with Crippen LogP contribution >= 0.6 is 0 Å². The fourth-order valence-corrected chi connectivity index (χ4v) is 3.45. The summed E-state index contributed by atoms with van der Waals surface area (Å²) < 4.78 is 0. The lowest BCUT2D eigenvalue weighted by molar-refractivity contribution is 0.0746. The number of aromatic nitrogens is 2. The van der Waals surface area contributed by atoms with Gasteiger partial charge in [-0.2, -0.15) is 0 Å². The number of nitrogens with one attached hydrogen (secondary N) is 2. The van der Waals surface area contributed by atoms with Crippen LogP contribution in [0.5, 0.6) is 0 Å². The highest BCUT2D eigenvalue weighted by Gasteiger charge is 2.23. The number of piperazine rings is 1. The first kappa shape index (κ1) is 20.1. The van der Waals surface area contributed by atoms with Gasteiger partial charge >= 0.3 is 0 Å². The summed E-state index contributed by atoms with van der Waals surface area (Å²) in [4.78, 5) is 25.9. The number of amides is 1. The lowest BCUT2D eigenvalue weighted by Crippen LogP contribution is -2.49. The molecule has 0 aliphatic carbocycles. The zero-order valence-electron chi connectivity index (χ0n) is 17.0. The minimum Gasteiger partial charge on any atom is -0.370 e. The number of hydrogen-bond donors (Lipinski definition) is 2. The van der Waals surface area contributed by atoms with E-state index in [9.17, 15) is 4.79 Å². The van der Waals surface area contributed by atoms with Crippen LogP contribution < -0.4 is 15.5 Å². The molecule has 3 heterocycles. The normalized spacial score (nSPS) is 14.2. The number of hydrogen-bond acceptors (Lipinski definition) is 6. The second-order valence-electron chi connectivity index (χ2n) is 7.25. The maximum absolute atomic E-state index is 12.8. The van der Waals surface area contributed by atoms with Crippen LogP contribution in [0.2, 0.25) is 0 Å². The molecule has 0 radical (unpaired) electrons. The van der Waals surface area contributed by atoms with E-state index in [4.69, 9.17) is 0 Å². The molecule has 0 saturated carbocycles. The predicted octanol–water partition coefficient (Wildman–Crippen LogP) is 2.08. The minimum atomic E-state index is 0.0440. The molecule has 0 aromatic carbocycles. The second-order valence-corrected chi connectivity index (χ2v) is 7.25. The van der Waals surface area contributed by atoms with Crippen molar-refractivity contribution >= 4 is 17.5 Å². The van der Waals surface area contributed by atoms with Crippen LogP contribution in [-0.2, 0) is 0 Å². The van der Waals surface area contributed by atoms with Crippen LogP contribution in [0.4, 0.5) is 11.6 Å². The van der Waals surface area contributed by atoms with Crippen LogP contribution in [0.3, 0.4) is 0 Å². The van der Waals surface area contributed by atoms with Crippen LogP contribution in [0.25, 0.3) is 0 Å². The smallest absolute Gasteiger partial charge is 0.255 e. The van der Waals surface area contributed by atoms with Crippen molar-refractivity contribution in [3.8, 4) is 0 Å². The third kappa shape index (κ3) is 4.98. The summed E-state index contributed by atoms with van der Waals surface area (Å²) in [6.45, 7) is 8.94. The highest BCUT2D eigenvalue weighted by Crippen LogP contribution is 2.20. The fourth-order valence-electron chi connectivity index (χ4n) is 3.45. The zero-order chi connectivity index (χ0) is 19.9. The van der Waals surface area contributed by atoms with E-state index in [-0.39, 0.29) is 5.91 Å². The molecule has 1 aliphatic heterocycles. The van der Waals surface area contributed by atoms with E-state index >= 15 is 0 Å². The van der Waals surface area contributed by atoms with Crippen LogP contribution in [-0.4, -0.2) is 67.1 Å². The summed E-state index contributed by atoms with van der Waals surface area (Å²) in [7, 11) is 1.94. The second kappa shape index (κ2) is 9.50. The molecule has 2 aromatic rings. The first-order valence-electron chi connectivity index (χ1n) is 9.90. The van der Waals surface area contributed by atoms with Gasteiger partial charge in [-0.3, -0.25) is 4.79 Å². The SMILES string of the molecule is CNCCCNc1ccc(C(=O)N2CCN(c3ncc(C)cc3C)CC2)cn1. The van der Waals surface area contributed by atoms with Crippen molar-refractivity contribution in [3.05, 3.63) is 47.3 Å². The van der Waals surface area contributed by atoms with Gasteiger partial charge in [0.2, 0.25) is 0 Å². The lowest BCUT2D eigenvalue weighted by Gasteiger charge is -2.36. The molecule has 28 heavy (non-hydrogen) atoms. The number of anilines is 2. The third-order valence-electron chi connectivity index (χ3n) is 4.97. The molecule has 0 spiro atoms. The average molecular weight is 383 g/mol. The van der Waals surface area contributed by atoms with E-state index in [1.807, 2.05) is 30.3 Å². The first-order chi connectivity index (χ1) is 13.6. The van der Waals surface area contributed by atoms with Gasteiger partial charge in [-0.15, -0.1) is 0 Å². The predicted molar refractivity (Wildman–Crippen MR) is 113 cm³/mol. The number of rotatable bonds is 7. The van der Waals surface area contributed by atoms with Crippen LogP contribution in [0, 0.1) is 13.8 Å². The summed E-state index contributed by atoms with van der Waals surface area (Å²) in [6.07, 6.45) is 4.60. The van der Waals surface area contributed by atoms with Crippen molar-refractivity contribution < 1.29 is 4.79 Å². The summed E-state index contributed by atoms with van der Waals surface area (Å²) in [6, 6.07) is 5.89. The molecule has 0 unspecified atom stereocenters. The third-order valence-corrected chi connectivity index (χ3v) is 4.97. The largest absolute Gasteiger partial charge is 0.370 e. The Morgan fingerprint density at radius 1 is 1.07 bits per heavy atom. The van der Waals surface area contributed by atoms with Gasteiger partial charge in [-0.05, 0) is 57.1 Å². The zero-order valence-corrected chi connectivity index (χ0v) is 17.0. The van der Waals surface area contributed by atoms with Gasteiger partial charge in [-0.25, -0.2) is 9.97 Å². The summed E-state index contributed by atoms with van der Waals surface area (Å²) in [5, 5.41) is 6.38. The fraction of sp³-hybridized carbons (Fsp3) is 0.476. The molecule has 0 bridgehead atoms. The molecule has 3 rings (SSSR count). The molecule has 7 nitrogen and oxygen atoms in total. The van der Waals surface area contributed by atoms with E-state index in [2.05, 4.69) is 45.4 Å². The van der Waals surface area contributed by atoms with Crippen molar-refractivity contribution in [2.24, 2.45) is 0 Å². The quantitative estimate of drug-likeness (QED) is 0.715. The van der Waals surface area contributed by atoms with Crippen molar-refractivity contribution in [2.45, 2.75) is 20.3 Å². The lowest BCUT2D eigenvalue weighted by atomic mass is 10.2. The molecule has 1 saturated heterocycles. The van der Waals surface area contributed by atoms with Gasteiger partial charge in [0.25, 0.3) is 5.91 Å². The Balaban J connectivity index is 1.53. The van der Waals surface area contributed by atoms with Crippen molar-refractivity contribution in [1.82, 2.24) is 20.2 Å². The Bertz CT molecular complexity index is 784. The standard InChI is InChI=1S/C21H30N6O/c1-16-13-17(2)20(25-14-16)26-9-11-27(12-10-26)21(28)18-5-6-19(24-15-18)23-8-4-7-22-3/h5-6,13-15,22H,4,7-12H2,1-3H3,(H,23,24). The minimum absolute atomic E-state index is 0.0440. The molecular weight excluding hydrogens is 352 g/mol. The molecule has 7 heteroatoms. The number of carbonyl (C=O) groups excluding carboxylic acids is 1. The van der Waals surface area contributed by atoms with Gasteiger partial charge in [0.1, 0.15) is 11.6 Å². The Morgan fingerprint density at radius 2 is 1.86 bits per heavy atom. The van der Waals surface area contributed by atoms with E-state index in [1.165, 1.54) is 11.1 Å². The Labute approximate surface area is 167 Å². The maximum atomic E-state index is 12.8. The molecule has 1 amide bonds. The molecule has 1 aliphatic rings. The number of nitrogens with zero attached hydrogens (tertiary/aromatic N) is 4. The summed E-state index contributed by atoms with van der Waals surface area (Å²) >= 11 is 0. The van der Waals surface area contributed by atoms with Crippen molar-refractivity contribution in [3.63, 3.8) is 0 Å². The van der Waals surface area contributed by atoms with Gasteiger partial charge < -0.3 is 20.4 Å². The van der Waals surface area contributed by atoms with E-state index in [0.717, 1.165) is 44.2 Å². The summed E-state index contributed by atoms with van der Waals surface area (Å²) in [5.74, 6) is 1.87. The number of aryl methyl sites for hydroxylation is 2. The molecule has 2 N–H and O–H groups in total. The Kier molecular flexibility index (Phi) is 6.81. The van der Waals surface area contributed by atoms with Crippen LogP contribution in [0.15, 0.2) is 30.6 Å². The van der Waals surface area contributed by atoms with Gasteiger partial charge in [-0.1, -0.05) is 6.07 Å². The molecular formula is C21H30N6O. The Hall–Kier alpha value is -2.67. The molecule has 2 aromatic heterocycles. The highest BCUT2D eigenvalue weighted by atomic mass is 16.2. The molecule has 1 fully saturated rings. The number of carbonyl (C=O) groups is 1. The summed E-state index contributed by atoms with van der Waals surface area (Å²) in [5.41, 5.74) is 2.99. The van der Waals surface area contributed by atoms with Crippen molar-refractivity contribution in [2.75, 3.05) is 56.5 Å². The highest BCUT2D eigenvalue weighted by molar-refractivity contribution is 5.94. The van der Waals surface area contributed by atoms with E-state index in [1.54, 1.807) is 6.20 Å². The maximum Gasteiger partial charge on any atom is 0.255 e. The van der Waals surface area contributed by atoms with Gasteiger partial charge in [0.05, 0.1) is 5.56 Å². The van der Waals surface area contributed by atoms with E-state index < -0.39 is 0 Å². The van der Waals surface area contributed by atoms with Crippen LogP contribution in [0.1, 0.15) is 27.9 Å². The molecule has 0 atom stereocenters. The monoisotopic (exact) mass is 382 g/mol. The number of pyridine rings is 2. The topological polar surface area (TPSA) is 73.4 Å². The van der Waals surface area contributed by atoms with E-state index in [0.29, 0.717) is 18.7 Å². The Morgan fingerprint density at radius 3 is 2.50 bits per heavy atom. The van der Waals surface area contributed by atoms with Gasteiger partial charge in [0, 0.05) is 45.1 Å². The van der Waals surface area contributed by atoms with Crippen molar-refractivity contribution in [1.29, 1.82) is 0 Å².